The Morgan fingerprint density at radius 2 is 0.938 bits per heavy atom. The first-order valence-corrected chi connectivity index (χ1v) is 21.1. The van der Waals surface area contributed by atoms with Gasteiger partial charge in [-0.25, -0.2) is 39.9 Å². The Hall–Kier alpha value is -7.70. The van der Waals surface area contributed by atoms with Crippen molar-refractivity contribution in [3.05, 3.63) is 109 Å². The number of anilines is 6. The van der Waals surface area contributed by atoms with E-state index in [4.69, 9.17) is 39.4 Å². The van der Waals surface area contributed by atoms with Crippen LogP contribution in [0.4, 0.5) is 34.6 Å². The van der Waals surface area contributed by atoms with Gasteiger partial charge in [0, 0.05) is 88.3 Å². The molecule has 2 N–H and O–H groups in total. The highest BCUT2D eigenvalue weighted by molar-refractivity contribution is 5.97. The van der Waals surface area contributed by atoms with Gasteiger partial charge in [-0.2, -0.15) is 0 Å². The molecule has 0 saturated carbocycles. The highest BCUT2D eigenvalue weighted by atomic mass is 16.5. The summed E-state index contributed by atoms with van der Waals surface area (Å²) in [6, 6.07) is 11.9. The van der Waals surface area contributed by atoms with Crippen LogP contribution in [0.2, 0.25) is 0 Å². The first-order chi connectivity index (χ1) is 31.4. The van der Waals surface area contributed by atoms with Crippen LogP contribution >= 0.6 is 0 Å². The summed E-state index contributed by atoms with van der Waals surface area (Å²) < 4.78 is 11.6. The van der Waals surface area contributed by atoms with E-state index in [1.54, 1.807) is 63.8 Å². The Kier molecular flexibility index (Phi) is 11.1. The summed E-state index contributed by atoms with van der Waals surface area (Å²) in [4.78, 5) is 53.4. The number of rotatable bonds is 11. The standard InChI is InChI=1S/C46H46N16O2/c1-29-17-33(23-49-21-29)61(39-19-31(5-7-53-39)43-55-35-25-51-27-37(63-3)41(35)45(57-43)59-13-9-47-10-14-59)62(34-18-30(2)22-50-24-34)40-20-32(6-8-54-40)44-56-36-26-52-28-38(64-4)42(36)46(58-44)60-15-11-48-12-16-60/h5-8,17-28,47-48H,9-16H2,1-4H3. The van der Waals surface area contributed by atoms with Crippen LogP contribution in [0.3, 0.4) is 0 Å². The molecule has 64 heavy (non-hydrogen) atoms. The number of piperazine rings is 2. The Balaban J connectivity index is 1.14. The number of aryl methyl sites for hydroxylation is 2. The van der Waals surface area contributed by atoms with E-state index in [-0.39, 0.29) is 0 Å². The molecule has 322 valence electrons. The molecule has 10 heterocycles. The summed E-state index contributed by atoms with van der Waals surface area (Å²) in [7, 11) is 3.29. The van der Waals surface area contributed by atoms with Crippen molar-refractivity contribution < 1.29 is 9.47 Å². The second kappa shape index (κ2) is 17.6. The summed E-state index contributed by atoms with van der Waals surface area (Å²) in [6.07, 6.45) is 17.7. The fraction of sp³-hybridized carbons (Fsp3) is 0.261. The molecule has 0 radical (unpaired) electrons. The van der Waals surface area contributed by atoms with Crippen molar-refractivity contribution in [2.45, 2.75) is 13.8 Å². The van der Waals surface area contributed by atoms with Crippen LogP contribution in [-0.2, 0) is 0 Å². The maximum Gasteiger partial charge on any atom is 0.162 e. The fourth-order valence-corrected chi connectivity index (χ4v) is 8.21. The van der Waals surface area contributed by atoms with Crippen molar-refractivity contribution in [1.29, 1.82) is 0 Å². The van der Waals surface area contributed by atoms with Crippen LogP contribution in [0.1, 0.15) is 11.1 Å². The Labute approximate surface area is 369 Å². The average Bonchev–Trinajstić information content (AvgIpc) is 3.35. The monoisotopic (exact) mass is 854 g/mol. The maximum atomic E-state index is 5.79. The van der Waals surface area contributed by atoms with Gasteiger partial charge in [0.15, 0.2) is 23.3 Å². The molecule has 2 aliphatic heterocycles. The van der Waals surface area contributed by atoms with Crippen molar-refractivity contribution in [1.82, 2.24) is 60.5 Å². The molecule has 2 aliphatic rings. The van der Waals surface area contributed by atoms with Gasteiger partial charge in [0.2, 0.25) is 0 Å². The molecule has 0 aliphatic carbocycles. The van der Waals surface area contributed by atoms with Crippen LogP contribution in [0, 0.1) is 13.8 Å². The van der Waals surface area contributed by atoms with E-state index in [2.05, 4.69) is 52.5 Å². The van der Waals surface area contributed by atoms with Crippen LogP contribution < -0.4 is 39.9 Å². The second-order valence-corrected chi connectivity index (χ2v) is 15.6. The summed E-state index contributed by atoms with van der Waals surface area (Å²) >= 11 is 0. The number of fused-ring (bicyclic) bond motifs is 2. The Morgan fingerprint density at radius 3 is 1.34 bits per heavy atom. The lowest BCUT2D eigenvalue weighted by atomic mass is 10.2. The molecule has 8 aromatic heterocycles. The van der Waals surface area contributed by atoms with E-state index in [9.17, 15) is 0 Å². The molecular weight excluding hydrogens is 809 g/mol. The lowest BCUT2D eigenvalue weighted by Gasteiger charge is -2.36. The zero-order valence-corrected chi connectivity index (χ0v) is 36.0. The zero-order valence-electron chi connectivity index (χ0n) is 36.0. The lowest BCUT2D eigenvalue weighted by Crippen LogP contribution is -2.44. The van der Waals surface area contributed by atoms with E-state index in [0.717, 1.165) is 108 Å². The predicted molar refractivity (Wildman–Crippen MR) is 247 cm³/mol. The van der Waals surface area contributed by atoms with Crippen LogP contribution in [0.25, 0.3) is 44.6 Å². The van der Waals surface area contributed by atoms with Gasteiger partial charge in [-0.05, 0) is 61.4 Å². The first-order valence-electron chi connectivity index (χ1n) is 21.1. The minimum absolute atomic E-state index is 0.519. The van der Waals surface area contributed by atoms with Crippen LogP contribution in [0.5, 0.6) is 11.5 Å². The topological polar surface area (TPSA) is 184 Å². The summed E-state index contributed by atoms with van der Waals surface area (Å²) in [6.45, 7) is 10.5. The number of methoxy groups -OCH3 is 2. The number of hydrogen-bond acceptors (Lipinski definition) is 18. The number of pyridine rings is 6. The highest BCUT2D eigenvalue weighted by Gasteiger charge is 2.28. The molecule has 0 amide bonds. The largest absolute Gasteiger partial charge is 0.494 e. The molecule has 0 unspecified atom stereocenters. The van der Waals surface area contributed by atoms with Gasteiger partial charge in [-0.15, -0.1) is 0 Å². The van der Waals surface area contributed by atoms with E-state index >= 15 is 0 Å². The summed E-state index contributed by atoms with van der Waals surface area (Å²) in [5.74, 6) is 4.96. The molecule has 18 nitrogen and oxygen atoms in total. The minimum Gasteiger partial charge on any atom is -0.494 e. The molecular formula is C46H46N16O2. The Morgan fingerprint density at radius 1 is 0.516 bits per heavy atom. The maximum absolute atomic E-state index is 5.79. The third-order valence-electron chi connectivity index (χ3n) is 11.2. The number of aromatic nitrogens is 10. The number of nitrogens with zero attached hydrogens (tertiary/aromatic N) is 14. The molecule has 2 saturated heterocycles. The molecule has 8 aromatic rings. The fourth-order valence-electron chi connectivity index (χ4n) is 8.21. The van der Waals surface area contributed by atoms with Crippen molar-refractivity contribution in [2.75, 3.05) is 86.4 Å². The second-order valence-electron chi connectivity index (χ2n) is 15.6. The molecule has 0 bridgehead atoms. The van der Waals surface area contributed by atoms with Gasteiger partial charge >= 0.3 is 0 Å². The molecule has 10 rings (SSSR count). The molecule has 2 fully saturated rings. The van der Waals surface area contributed by atoms with Gasteiger partial charge in [0.25, 0.3) is 0 Å². The molecule has 18 heteroatoms. The quantitative estimate of drug-likeness (QED) is 0.153. The predicted octanol–water partition coefficient (Wildman–Crippen LogP) is 5.62. The summed E-state index contributed by atoms with van der Waals surface area (Å²) in [5, 5.41) is 12.5. The number of hydrazine groups is 1. The number of ether oxygens (including phenoxy) is 2. The van der Waals surface area contributed by atoms with Gasteiger partial charge < -0.3 is 29.9 Å². The number of nitrogens with one attached hydrogen (secondary N) is 2. The van der Waals surface area contributed by atoms with Gasteiger partial charge in [0.1, 0.15) is 23.1 Å². The SMILES string of the molecule is COc1cncc2nc(-c3ccnc(N(c4cncc(C)c4)N(c4cncc(C)c4)c4cc(-c5nc(N6CCNCC6)c6c(OC)cncc6n5)ccn4)c3)nc(N3CCNCC3)c12. The molecule has 0 atom stereocenters. The van der Waals surface area contributed by atoms with Crippen LogP contribution in [-0.4, -0.2) is 116 Å². The van der Waals surface area contributed by atoms with Gasteiger partial charge in [-0.1, -0.05) is 0 Å². The zero-order chi connectivity index (χ0) is 43.6. The van der Waals surface area contributed by atoms with E-state index < -0.39 is 0 Å². The van der Waals surface area contributed by atoms with Crippen molar-refractivity contribution >= 4 is 56.5 Å². The minimum atomic E-state index is 0.519. The van der Waals surface area contributed by atoms with Gasteiger partial charge in [0.05, 0.1) is 84.6 Å². The van der Waals surface area contributed by atoms with E-state index in [1.165, 1.54) is 0 Å². The summed E-state index contributed by atoms with van der Waals surface area (Å²) in [5.41, 5.74) is 6.21. The first kappa shape index (κ1) is 40.4. The Bertz CT molecular complexity index is 2780. The average molecular weight is 855 g/mol. The third-order valence-corrected chi connectivity index (χ3v) is 11.2. The lowest BCUT2D eigenvalue weighted by molar-refractivity contribution is 0.417. The molecule has 0 aromatic carbocycles. The smallest absolute Gasteiger partial charge is 0.162 e. The van der Waals surface area contributed by atoms with E-state index in [1.807, 2.05) is 60.5 Å². The number of hydrogen-bond donors (Lipinski definition) is 2. The third kappa shape index (κ3) is 7.84. The van der Waals surface area contributed by atoms with Crippen molar-refractivity contribution in [3.63, 3.8) is 0 Å². The van der Waals surface area contributed by atoms with Crippen LogP contribution in [0.15, 0.2) is 98.4 Å². The van der Waals surface area contributed by atoms with Gasteiger partial charge in [-0.3, -0.25) is 19.9 Å². The normalized spacial score (nSPS) is 14.2. The highest BCUT2D eigenvalue weighted by Crippen LogP contribution is 2.40. The van der Waals surface area contributed by atoms with Crippen molar-refractivity contribution in [2.24, 2.45) is 0 Å². The molecule has 0 spiro atoms. The van der Waals surface area contributed by atoms with Crippen molar-refractivity contribution in [3.8, 4) is 34.3 Å². The van der Waals surface area contributed by atoms with E-state index in [0.29, 0.717) is 45.8 Å².